The predicted octanol–water partition coefficient (Wildman–Crippen LogP) is 6.56. The van der Waals surface area contributed by atoms with E-state index in [2.05, 4.69) is 44.6 Å². The van der Waals surface area contributed by atoms with E-state index in [0.29, 0.717) is 85.1 Å². The molecule has 3 aromatic heterocycles. The highest BCUT2D eigenvalue weighted by Crippen LogP contribution is 2.39. The molecule has 3 aromatic carbocycles. The van der Waals surface area contributed by atoms with E-state index in [1.54, 1.807) is 47.7 Å². The van der Waals surface area contributed by atoms with Crippen LogP contribution in [0.4, 0.5) is 5.69 Å². The van der Waals surface area contributed by atoms with E-state index in [4.69, 9.17) is 30.8 Å². The molecule has 15 nitrogen and oxygen atoms in total. The molecule has 0 fully saturated rings. The Bertz CT molecular complexity index is 2490. The Kier molecular flexibility index (Phi) is 13.1. The van der Waals surface area contributed by atoms with Gasteiger partial charge < -0.3 is 34.9 Å². The predicted molar refractivity (Wildman–Crippen MR) is 224 cm³/mol. The number of fused-ring (bicyclic) bond motifs is 4. The van der Waals surface area contributed by atoms with E-state index in [1.165, 1.54) is 10.9 Å². The number of carbonyl (C=O) groups is 3. The number of imidazole rings is 1. The number of halogens is 1. The van der Waals surface area contributed by atoms with Gasteiger partial charge in [-0.25, -0.2) is 9.78 Å². The Morgan fingerprint density at radius 1 is 0.915 bits per heavy atom. The molecule has 0 spiro atoms. The maximum absolute atomic E-state index is 13.5. The lowest BCUT2D eigenvalue weighted by Crippen LogP contribution is -2.28. The smallest absolute Gasteiger partial charge is 0.337 e. The number of thiophene rings is 1. The van der Waals surface area contributed by atoms with Crippen molar-refractivity contribution in [1.29, 1.82) is 0 Å². The SMILES string of the molecule is Cc1sc2c(c1C)C(c1ccc(Cl)cc1)=N[C@@H](CC(=O)Nc1ccc(OCCOCCOCCNC(=O)CCc3nc4cccc(C(=O)O)c4[nH]3)cc1)c1nnc(C)n1-2. The fraction of sp³-hybridized carbons (Fsp3) is 0.310. The number of nitrogens with one attached hydrogen (secondary N) is 3. The lowest BCUT2D eigenvalue weighted by molar-refractivity contribution is -0.121. The molecule has 0 aliphatic carbocycles. The van der Waals surface area contributed by atoms with Gasteiger partial charge in [0.1, 0.15) is 35.0 Å². The normalized spacial score (nSPS) is 13.4. The minimum Gasteiger partial charge on any atom is -0.491 e. The number of nitrogens with zero attached hydrogens (tertiary/aromatic N) is 5. The summed E-state index contributed by atoms with van der Waals surface area (Å²) in [5, 5.41) is 25.6. The van der Waals surface area contributed by atoms with Gasteiger partial charge in [-0.3, -0.25) is 19.1 Å². The number of rotatable bonds is 18. The summed E-state index contributed by atoms with van der Waals surface area (Å²) >= 11 is 7.89. The van der Waals surface area contributed by atoms with Crippen molar-refractivity contribution in [2.75, 3.05) is 44.9 Å². The summed E-state index contributed by atoms with van der Waals surface area (Å²) in [6, 6.07) is 19.0. The Morgan fingerprint density at radius 2 is 1.66 bits per heavy atom. The van der Waals surface area contributed by atoms with Crippen molar-refractivity contribution in [2.24, 2.45) is 4.99 Å². The second-order valence-electron chi connectivity index (χ2n) is 13.8. The van der Waals surface area contributed by atoms with Crippen LogP contribution in [-0.4, -0.2) is 92.9 Å². The highest BCUT2D eigenvalue weighted by molar-refractivity contribution is 7.15. The second kappa shape index (κ2) is 18.8. The van der Waals surface area contributed by atoms with Crippen LogP contribution in [-0.2, 0) is 25.5 Å². The van der Waals surface area contributed by atoms with Crippen molar-refractivity contribution in [3.8, 4) is 10.8 Å². The number of H-pyrrole nitrogens is 1. The summed E-state index contributed by atoms with van der Waals surface area (Å²) in [6.07, 6.45) is 0.609. The van der Waals surface area contributed by atoms with Crippen molar-refractivity contribution in [2.45, 2.75) is 46.1 Å². The highest BCUT2D eigenvalue weighted by atomic mass is 35.5. The van der Waals surface area contributed by atoms with E-state index < -0.39 is 12.0 Å². The van der Waals surface area contributed by atoms with E-state index in [1.807, 2.05) is 35.8 Å². The highest BCUT2D eigenvalue weighted by Gasteiger charge is 2.32. The number of carboxylic acids is 1. The average molecular weight is 839 g/mol. The third kappa shape index (κ3) is 9.85. The first-order chi connectivity index (χ1) is 28.5. The second-order valence-corrected chi connectivity index (χ2v) is 15.4. The molecule has 6 aromatic rings. The number of benzene rings is 3. The van der Waals surface area contributed by atoms with Gasteiger partial charge >= 0.3 is 5.97 Å². The standard InChI is InChI=1S/C42H43ClN8O7S/c1-24-25(2)59-41-37(24)38(27-7-9-28(43)10-8-27)47-33(40-50-49-26(3)51(40)41)23-36(53)45-29-11-13-30(14-12-29)58-22-21-57-20-19-56-18-17-44-35(52)16-15-34-46-32-6-4-5-31(42(54)55)39(32)48-34/h4-14,33H,15-23H2,1-3H3,(H,44,52)(H,45,53)(H,46,48)(H,54,55)/t33-/m0/s1. The van der Waals surface area contributed by atoms with Crippen LogP contribution in [0.3, 0.4) is 0 Å². The van der Waals surface area contributed by atoms with Crippen LogP contribution in [0, 0.1) is 20.8 Å². The molecule has 1 aliphatic rings. The van der Waals surface area contributed by atoms with Gasteiger partial charge in [0.15, 0.2) is 5.82 Å². The van der Waals surface area contributed by atoms with E-state index in [-0.39, 0.29) is 30.2 Å². The van der Waals surface area contributed by atoms with Gasteiger partial charge in [-0.15, -0.1) is 21.5 Å². The molecule has 306 valence electrons. The topological polar surface area (TPSA) is 195 Å². The number of aromatic carboxylic acids is 1. The fourth-order valence-corrected chi connectivity index (χ4v) is 8.00. The Hall–Kier alpha value is -5.94. The van der Waals surface area contributed by atoms with Crippen molar-refractivity contribution < 1.29 is 33.7 Å². The summed E-state index contributed by atoms with van der Waals surface area (Å²) < 4.78 is 19.0. The minimum atomic E-state index is -1.04. The third-order valence-electron chi connectivity index (χ3n) is 9.70. The molecule has 4 heterocycles. The zero-order chi connectivity index (χ0) is 41.5. The molecule has 4 N–H and O–H groups in total. The first-order valence-corrected chi connectivity index (χ1v) is 20.3. The van der Waals surface area contributed by atoms with Crippen LogP contribution in [0.25, 0.3) is 16.0 Å². The van der Waals surface area contributed by atoms with Crippen LogP contribution in [0.2, 0.25) is 5.02 Å². The largest absolute Gasteiger partial charge is 0.491 e. The van der Waals surface area contributed by atoms with Crippen LogP contribution >= 0.6 is 22.9 Å². The fourth-order valence-electron chi connectivity index (χ4n) is 6.66. The lowest BCUT2D eigenvalue weighted by atomic mass is 9.99. The molecular weight excluding hydrogens is 796 g/mol. The number of aromatic nitrogens is 5. The molecule has 1 aliphatic heterocycles. The number of para-hydroxylation sites is 1. The molecule has 17 heteroatoms. The molecule has 0 saturated carbocycles. The van der Waals surface area contributed by atoms with E-state index >= 15 is 0 Å². The first kappa shape index (κ1) is 41.2. The van der Waals surface area contributed by atoms with Gasteiger partial charge in [-0.05, 0) is 74.9 Å². The van der Waals surface area contributed by atoms with Crippen LogP contribution in [0.5, 0.6) is 5.75 Å². The van der Waals surface area contributed by atoms with Crippen molar-refractivity contribution in [1.82, 2.24) is 30.0 Å². The lowest BCUT2D eigenvalue weighted by Gasteiger charge is -2.13. The number of carbonyl (C=O) groups excluding carboxylic acids is 2. The first-order valence-electron chi connectivity index (χ1n) is 19.1. The summed E-state index contributed by atoms with van der Waals surface area (Å²) in [7, 11) is 0. The van der Waals surface area contributed by atoms with E-state index in [9.17, 15) is 19.5 Å². The summed E-state index contributed by atoms with van der Waals surface area (Å²) in [5.41, 5.74) is 5.58. The van der Waals surface area contributed by atoms with Gasteiger partial charge in [0, 0.05) is 46.1 Å². The van der Waals surface area contributed by atoms with Gasteiger partial charge in [0.25, 0.3) is 0 Å². The number of aromatic amines is 1. The van der Waals surface area contributed by atoms with Crippen LogP contribution in [0.15, 0.2) is 71.7 Å². The van der Waals surface area contributed by atoms with E-state index in [0.717, 1.165) is 33.2 Å². The van der Waals surface area contributed by atoms with Crippen molar-refractivity contribution in [3.63, 3.8) is 0 Å². The summed E-state index contributed by atoms with van der Waals surface area (Å²) in [5.74, 6) is 1.10. The Labute approximate surface area is 348 Å². The Balaban J connectivity index is 0.808. The van der Waals surface area contributed by atoms with Crippen LogP contribution in [0.1, 0.15) is 68.3 Å². The molecule has 2 amide bonds. The van der Waals surface area contributed by atoms with Crippen molar-refractivity contribution in [3.05, 3.63) is 116 Å². The molecule has 0 unspecified atom stereocenters. The number of hydrogen-bond donors (Lipinski definition) is 4. The van der Waals surface area contributed by atoms with Gasteiger partial charge in [-0.2, -0.15) is 0 Å². The number of carboxylic acid groups (broad SMARTS) is 1. The molecule has 0 saturated heterocycles. The molecule has 7 rings (SSSR count). The molecule has 59 heavy (non-hydrogen) atoms. The number of hydrogen-bond acceptors (Lipinski definition) is 11. The van der Waals surface area contributed by atoms with Gasteiger partial charge in [0.05, 0.1) is 55.2 Å². The average Bonchev–Trinajstić information content (AvgIpc) is 3.88. The summed E-state index contributed by atoms with van der Waals surface area (Å²) in [6.45, 7) is 8.16. The van der Waals surface area contributed by atoms with Gasteiger partial charge in [0.2, 0.25) is 11.8 Å². The number of ether oxygens (including phenoxy) is 3. The maximum Gasteiger partial charge on any atom is 0.337 e. The van der Waals surface area contributed by atoms with Gasteiger partial charge in [-0.1, -0.05) is 29.8 Å². The van der Waals surface area contributed by atoms with Crippen LogP contribution < -0.4 is 15.4 Å². The maximum atomic E-state index is 13.5. The molecule has 1 atom stereocenters. The minimum absolute atomic E-state index is 0.0555. The monoisotopic (exact) mass is 838 g/mol. The zero-order valence-corrected chi connectivity index (χ0v) is 34.3. The third-order valence-corrected chi connectivity index (χ3v) is 11.1. The summed E-state index contributed by atoms with van der Waals surface area (Å²) in [4.78, 5) is 50.9. The Morgan fingerprint density at radius 3 is 2.42 bits per heavy atom. The number of aliphatic imine (C=N–C) groups is 1. The van der Waals surface area contributed by atoms with Crippen molar-refractivity contribution >= 4 is 63.2 Å². The molecular formula is C42H43ClN8O7S. The molecule has 0 bridgehead atoms. The number of amides is 2. The molecule has 0 radical (unpaired) electrons. The number of anilines is 1. The number of aryl methyl sites for hydroxylation is 3. The quantitative estimate of drug-likeness (QED) is 0.0689. The zero-order valence-electron chi connectivity index (χ0n) is 32.7.